The van der Waals surface area contributed by atoms with Crippen molar-refractivity contribution in [3.05, 3.63) is 30.1 Å². The van der Waals surface area contributed by atoms with Crippen LogP contribution in [0.15, 0.2) is 24.5 Å². The van der Waals surface area contributed by atoms with Gasteiger partial charge >= 0.3 is 0 Å². The van der Waals surface area contributed by atoms with Gasteiger partial charge in [-0.15, -0.1) is 0 Å². The minimum atomic E-state index is 0.191. The maximum absolute atomic E-state index is 12.7. The summed E-state index contributed by atoms with van der Waals surface area (Å²) in [7, 11) is 0. The summed E-state index contributed by atoms with van der Waals surface area (Å²) in [6.07, 6.45) is 12.2. The molecule has 0 spiro atoms. The Labute approximate surface area is 169 Å². The number of likely N-dealkylation sites (tertiary alicyclic amines) is 2. The number of carbonyl (C=O) groups is 1. The van der Waals surface area contributed by atoms with Crippen molar-refractivity contribution in [2.24, 2.45) is 11.3 Å². The van der Waals surface area contributed by atoms with Crippen LogP contribution >= 0.6 is 0 Å². The molecule has 1 aromatic rings. The standard InChI is InChI=1S/C23H36N4O/c1-2-23(9-10-23)18-25-22(28)20-4-3-13-27(17-20)21-7-14-26(15-8-21)16-19-5-11-24-12-6-19/h5-6,11-12,20-21H,2-4,7-10,13-18H2,1H3,(H,25,28). The third-order valence-electron chi connectivity index (χ3n) is 7.40. The molecule has 4 rings (SSSR count). The maximum atomic E-state index is 12.7. The van der Waals surface area contributed by atoms with Gasteiger partial charge in [0, 0.05) is 38.1 Å². The molecule has 0 bridgehead atoms. The SMILES string of the molecule is CCC1(CNC(=O)C2CCCN(C3CCN(Cc4ccncc4)CC3)C2)CC1. The Morgan fingerprint density at radius 1 is 1.18 bits per heavy atom. The minimum absolute atomic E-state index is 0.191. The van der Waals surface area contributed by atoms with E-state index in [4.69, 9.17) is 0 Å². The molecule has 1 unspecified atom stereocenters. The molecule has 3 fully saturated rings. The Kier molecular flexibility index (Phi) is 6.32. The van der Waals surface area contributed by atoms with Gasteiger partial charge in [-0.2, -0.15) is 0 Å². The number of amides is 1. The van der Waals surface area contributed by atoms with Gasteiger partial charge in [0.15, 0.2) is 0 Å². The predicted octanol–water partition coefficient (Wildman–Crippen LogP) is 3.06. The average molecular weight is 385 g/mol. The van der Waals surface area contributed by atoms with E-state index < -0.39 is 0 Å². The summed E-state index contributed by atoms with van der Waals surface area (Å²) in [5.74, 6) is 0.496. The summed E-state index contributed by atoms with van der Waals surface area (Å²) in [4.78, 5) is 22.0. The van der Waals surface area contributed by atoms with Crippen molar-refractivity contribution in [1.82, 2.24) is 20.1 Å². The Morgan fingerprint density at radius 3 is 2.61 bits per heavy atom. The molecule has 1 atom stereocenters. The molecule has 154 valence electrons. The third kappa shape index (κ3) is 4.93. The number of nitrogens with zero attached hydrogens (tertiary/aromatic N) is 3. The van der Waals surface area contributed by atoms with Crippen molar-refractivity contribution < 1.29 is 4.79 Å². The Balaban J connectivity index is 1.22. The highest BCUT2D eigenvalue weighted by atomic mass is 16.1. The van der Waals surface area contributed by atoms with Crippen molar-refractivity contribution in [2.45, 2.75) is 64.5 Å². The van der Waals surface area contributed by atoms with E-state index in [0.717, 1.165) is 52.1 Å². The molecule has 3 aliphatic rings. The second kappa shape index (κ2) is 8.91. The van der Waals surface area contributed by atoms with Crippen LogP contribution in [-0.4, -0.2) is 59.5 Å². The predicted molar refractivity (Wildman–Crippen MR) is 112 cm³/mol. The molecule has 1 aliphatic carbocycles. The van der Waals surface area contributed by atoms with E-state index in [-0.39, 0.29) is 5.92 Å². The van der Waals surface area contributed by atoms with E-state index in [1.54, 1.807) is 0 Å². The summed E-state index contributed by atoms with van der Waals surface area (Å²) in [6.45, 7) is 8.60. The van der Waals surface area contributed by atoms with Crippen LogP contribution in [0, 0.1) is 11.3 Å². The molecule has 1 saturated carbocycles. The Morgan fingerprint density at radius 2 is 1.93 bits per heavy atom. The fourth-order valence-corrected chi connectivity index (χ4v) is 4.99. The van der Waals surface area contributed by atoms with E-state index in [0.29, 0.717) is 17.4 Å². The number of pyridine rings is 1. The quantitative estimate of drug-likeness (QED) is 0.785. The first-order chi connectivity index (χ1) is 13.7. The van der Waals surface area contributed by atoms with Crippen LogP contribution in [0.1, 0.15) is 57.4 Å². The number of rotatable bonds is 7. The Bertz CT molecular complexity index is 637. The van der Waals surface area contributed by atoms with Crippen LogP contribution in [0.2, 0.25) is 0 Å². The van der Waals surface area contributed by atoms with Gasteiger partial charge in [0.1, 0.15) is 0 Å². The van der Waals surface area contributed by atoms with E-state index in [1.165, 1.54) is 37.7 Å². The molecule has 1 N–H and O–H groups in total. The molecule has 1 amide bonds. The summed E-state index contributed by atoms with van der Waals surface area (Å²) in [5.41, 5.74) is 1.79. The lowest BCUT2D eigenvalue weighted by Gasteiger charge is -2.42. The lowest BCUT2D eigenvalue weighted by Crippen LogP contribution is -2.51. The van der Waals surface area contributed by atoms with Crippen LogP contribution in [0.3, 0.4) is 0 Å². The topological polar surface area (TPSA) is 48.5 Å². The van der Waals surface area contributed by atoms with Gasteiger partial charge in [-0.1, -0.05) is 6.92 Å². The lowest BCUT2D eigenvalue weighted by molar-refractivity contribution is -0.127. The van der Waals surface area contributed by atoms with E-state index in [9.17, 15) is 4.79 Å². The van der Waals surface area contributed by atoms with Gasteiger partial charge in [0.25, 0.3) is 0 Å². The molecule has 2 aliphatic heterocycles. The number of nitrogens with one attached hydrogen (secondary N) is 1. The zero-order valence-electron chi connectivity index (χ0n) is 17.4. The highest BCUT2D eigenvalue weighted by molar-refractivity contribution is 5.79. The molecule has 5 nitrogen and oxygen atoms in total. The highest BCUT2D eigenvalue weighted by Gasteiger charge is 2.41. The molecule has 0 radical (unpaired) electrons. The molecule has 5 heteroatoms. The van der Waals surface area contributed by atoms with Gasteiger partial charge in [-0.05, 0) is 87.7 Å². The number of hydrogen-bond donors (Lipinski definition) is 1. The van der Waals surface area contributed by atoms with E-state index >= 15 is 0 Å². The maximum Gasteiger partial charge on any atom is 0.224 e. The second-order valence-electron chi connectivity index (χ2n) is 9.27. The molecule has 3 heterocycles. The summed E-state index contributed by atoms with van der Waals surface area (Å²) >= 11 is 0. The van der Waals surface area contributed by atoms with Gasteiger partial charge < -0.3 is 5.32 Å². The van der Waals surface area contributed by atoms with Crippen molar-refractivity contribution in [2.75, 3.05) is 32.7 Å². The van der Waals surface area contributed by atoms with Crippen LogP contribution in [0.25, 0.3) is 0 Å². The molecular formula is C23H36N4O. The fraction of sp³-hybridized carbons (Fsp3) is 0.739. The lowest BCUT2D eigenvalue weighted by atomic mass is 9.93. The smallest absolute Gasteiger partial charge is 0.224 e. The van der Waals surface area contributed by atoms with Gasteiger partial charge in [-0.25, -0.2) is 0 Å². The van der Waals surface area contributed by atoms with E-state index in [1.807, 2.05) is 12.4 Å². The van der Waals surface area contributed by atoms with Crippen LogP contribution in [-0.2, 0) is 11.3 Å². The summed E-state index contributed by atoms with van der Waals surface area (Å²) in [5, 5.41) is 3.28. The molecule has 2 saturated heterocycles. The van der Waals surface area contributed by atoms with Crippen LogP contribution in [0.5, 0.6) is 0 Å². The van der Waals surface area contributed by atoms with Crippen molar-refractivity contribution in [3.8, 4) is 0 Å². The normalized spacial score (nSPS) is 26.1. The molecule has 28 heavy (non-hydrogen) atoms. The number of carbonyl (C=O) groups excluding carboxylic acids is 1. The summed E-state index contributed by atoms with van der Waals surface area (Å²) < 4.78 is 0. The minimum Gasteiger partial charge on any atom is -0.355 e. The van der Waals surface area contributed by atoms with Crippen molar-refractivity contribution in [1.29, 1.82) is 0 Å². The monoisotopic (exact) mass is 384 g/mol. The van der Waals surface area contributed by atoms with E-state index in [2.05, 4.69) is 39.2 Å². The van der Waals surface area contributed by atoms with Crippen LogP contribution in [0.4, 0.5) is 0 Å². The average Bonchev–Trinajstić information content (AvgIpc) is 3.54. The first-order valence-electron chi connectivity index (χ1n) is 11.3. The highest BCUT2D eigenvalue weighted by Crippen LogP contribution is 2.47. The number of piperidine rings is 2. The van der Waals surface area contributed by atoms with Crippen LogP contribution < -0.4 is 5.32 Å². The molecule has 1 aromatic heterocycles. The van der Waals surface area contributed by atoms with Gasteiger partial charge in [-0.3, -0.25) is 19.6 Å². The molecular weight excluding hydrogens is 348 g/mol. The zero-order valence-corrected chi connectivity index (χ0v) is 17.4. The third-order valence-corrected chi connectivity index (χ3v) is 7.40. The van der Waals surface area contributed by atoms with Gasteiger partial charge in [0.05, 0.1) is 5.92 Å². The summed E-state index contributed by atoms with van der Waals surface area (Å²) in [6, 6.07) is 4.88. The van der Waals surface area contributed by atoms with Gasteiger partial charge in [0.2, 0.25) is 5.91 Å². The zero-order chi connectivity index (χ0) is 19.4. The Hall–Kier alpha value is -1.46. The van der Waals surface area contributed by atoms with Crippen molar-refractivity contribution >= 4 is 5.91 Å². The largest absolute Gasteiger partial charge is 0.355 e. The first-order valence-corrected chi connectivity index (χ1v) is 11.3. The van der Waals surface area contributed by atoms with Crippen molar-refractivity contribution in [3.63, 3.8) is 0 Å². The molecule has 0 aromatic carbocycles. The fourth-order valence-electron chi connectivity index (χ4n) is 4.99. The number of hydrogen-bond acceptors (Lipinski definition) is 4. The first kappa shape index (κ1) is 19.8. The number of aromatic nitrogens is 1. The second-order valence-corrected chi connectivity index (χ2v) is 9.27.